The molecule has 0 saturated heterocycles. The van der Waals surface area contributed by atoms with Crippen molar-refractivity contribution in [3.63, 3.8) is 0 Å². The molecule has 0 radical (unpaired) electrons. The molecular formula is C22H26N2O3S. The first-order valence-electron chi connectivity index (χ1n) is 9.44. The molecule has 0 bridgehead atoms. The minimum atomic E-state index is -0.369. The molecule has 0 unspecified atom stereocenters. The third kappa shape index (κ3) is 9.28. The molecule has 5 nitrogen and oxygen atoms in total. The van der Waals surface area contributed by atoms with E-state index < -0.39 is 0 Å². The Morgan fingerprint density at radius 3 is 2.11 bits per heavy atom. The van der Waals surface area contributed by atoms with Gasteiger partial charge in [-0.2, -0.15) is 0 Å². The highest BCUT2D eigenvalue weighted by atomic mass is 32.1. The van der Waals surface area contributed by atoms with Gasteiger partial charge in [-0.1, -0.05) is 60.7 Å². The molecule has 0 atom stereocenters. The fourth-order valence-corrected chi connectivity index (χ4v) is 2.81. The average Bonchev–Trinajstić information content (AvgIpc) is 2.71. The highest BCUT2D eigenvalue weighted by Crippen LogP contribution is 2.03. The lowest BCUT2D eigenvalue weighted by Crippen LogP contribution is -2.40. The molecule has 148 valence electrons. The topological polar surface area (TPSA) is 67.4 Å². The summed E-state index contributed by atoms with van der Waals surface area (Å²) in [5.74, 6) is -0.662. The highest BCUT2D eigenvalue weighted by molar-refractivity contribution is 7.80. The van der Waals surface area contributed by atoms with Gasteiger partial charge >= 0.3 is 5.97 Å². The van der Waals surface area contributed by atoms with E-state index in [9.17, 15) is 9.59 Å². The van der Waals surface area contributed by atoms with Crippen LogP contribution in [0.25, 0.3) is 0 Å². The van der Waals surface area contributed by atoms with Gasteiger partial charge in [-0.05, 0) is 42.6 Å². The molecular weight excluding hydrogens is 372 g/mol. The number of thiocarbonyl (C=S) groups is 1. The summed E-state index contributed by atoms with van der Waals surface area (Å²) in [6, 6.07) is 20.0. The van der Waals surface area contributed by atoms with Crippen LogP contribution in [0.15, 0.2) is 60.7 Å². The highest BCUT2D eigenvalue weighted by Gasteiger charge is 2.09. The normalized spacial score (nSPS) is 10.1. The first kappa shape index (κ1) is 21.6. The predicted octanol–water partition coefficient (Wildman–Crippen LogP) is 3.18. The molecule has 2 aromatic rings. The van der Waals surface area contributed by atoms with Crippen LogP contribution in [0.4, 0.5) is 0 Å². The van der Waals surface area contributed by atoms with Crippen LogP contribution in [0.3, 0.4) is 0 Å². The summed E-state index contributed by atoms with van der Waals surface area (Å²) in [5, 5.41) is 5.85. The summed E-state index contributed by atoms with van der Waals surface area (Å²) in [5.41, 5.74) is 2.41. The molecule has 1 amide bonds. The first-order valence-corrected chi connectivity index (χ1v) is 9.85. The Bertz CT molecular complexity index is 751. The third-order valence-electron chi connectivity index (χ3n) is 4.07. The quantitative estimate of drug-likeness (QED) is 0.366. The van der Waals surface area contributed by atoms with Crippen LogP contribution in [-0.4, -0.2) is 30.1 Å². The van der Waals surface area contributed by atoms with E-state index in [1.165, 1.54) is 11.1 Å². The summed E-state index contributed by atoms with van der Waals surface area (Å²) < 4.78 is 5.17. The van der Waals surface area contributed by atoms with Gasteiger partial charge in [-0.3, -0.25) is 9.59 Å². The molecule has 0 spiro atoms. The van der Waals surface area contributed by atoms with Crippen LogP contribution in [0.5, 0.6) is 0 Å². The molecule has 0 heterocycles. The number of aryl methyl sites for hydroxylation is 1. The molecule has 6 heteroatoms. The van der Waals surface area contributed by atoms with Gasteiger partial charge in [0.15, 0.2) is 5.11 Å². The molecule has 0 aliphatic carbocycles. The molecule has 0 fully saturated rings. The van der Waals surface area contributed by atoms with E-state index in [4.69, 9.17) is 17.0 Å². The van der Waals surface area contributed by atoms with Gasteiger partial charge in [0.1, 0.15) is 0 Å². The zero-order valence-corrected chi connectivity index (χ0v) is 16.7. The molecule has 2 aromatic carbocycles. The summed E-state index contributed by atoms with van der Waals surface area (Å²) in [7, 11) is 0. The van der Waals surface area contributed by atoms with E-state index in [0.717, 1.165) is 19.3 Å². The van der Waals surface area contributed by atoms with Crippen molar-refractivity contribution in [1.82, 2.24) is 10.6 Å². The zero-order chi connectivity index (χ0) is 20.0. The van der Waals surface area contributed by atoms with Crippen molar-refractivity contribution in [2.24, 2.45) is 0 Å². The maximum Gasteiger partial charge on any atom is 0.306 e. The Labute approximate surface area is 171 Å². The minimum absolute atomic E-state index is 0.0454. The van der Waals surface area contributed by atoms with Crippen LogP contribution in [-0.2, 0) is 27.2 Å². The lowest BCUT2D eigenvalue weighted by Gasteiger charge is -2.09. The van der Waals surface area contributed by atoms with Crippen molar-refractivity contribution in [3.8, 4) is 0 Å². The number of rotatable bonds is 10. The van der Waals surface area contributed by atoms with Crippen LogP contribution in [0, 0.1) is 0 Å². The largest absolute Gasteiger partial charge is 0.466 e. The van der Waals surface area contributed by atoms with Crippen LogP contribution >= 0.6 is 12.2 Å². The SMILES string of the molecule is O=C(CCC(=O)OCCCc1ccccc1)NC(=S)NCCc1ccccc1. The Kier molecular flexibility index (Phi) is 9.72. The van der Waals surface area contributed by atoms with E-state index in [0.29, 0.717) is 13.2 Å². The van der Waals surface area contributed by atoms with Gasteiger partial charge < -0.3 is 15.4 Å². The number of carbonyl (C=O) groups excluding carboxylic acids is 2. The van der Waals surface area contributed by atoms with Gasteiger partial charge in [0.05, 0.1) is 13.0 Å². The second kappa shape index (κ2) is 12.6. The maximum absolute atomic E-state index is 11.9. The third-order valence-corrected chi connectivity index (χ3v) is 4.31. The van der Waals surface area contributed by atoms with E-state index in [1.807, 2.05) is 60.7 Å². The number of amides is 1. The minimum Gasteiger partial charge on any atom is -0.466 e. The van der Waals surface area contributed by atoms with E-state index in [1.54, 1.807) is 0 Å². The molecule has 0 aliphatic heterocycles. The van der Waals surface area contributed by atoms with Crippen molar-refractivity contribution in [3.05, 3.63) is 71.8 Å². The number of nitrogens with one attached hydrogen (secondary N) is 2. The van der Waals surface area contributed by atoms with Gasteiger partial charge in [0.25, 0.3) is 0 Å². The van der Waals surface area contributed by atoms with Crippen molar-refractivity contribution in [2.75, 3.05) is 13.2 Å². The van der Waals surface area contributed by atoms with E-state index >= 15 is 0 Å². The fraction of sp³-hybridized carbons (Fsp3) is 0.318. The standard InChI is InChI=1S/C22H26N2O3S/c25-20(24-22(28)23-16-15-19-10-5-2-6-11-19)13-14-21(26)27-17-7-12-18-8-3-1-4-9-18/h1-6,8-11H,7,12-17H2,(H2,23,24,25,28). The fourth-order valence-electron chi connectivity index (χ4n) is 2.59. The summed E-state index contributed by atoms with van der Waals surface area (Å²) >= 11 is 5.10. The van der Waals surface area contributed by atoms with Crippen molar-refractivity contribution in [1.29, 1.82) is 0 Å². The lowest BCUT2D eigenvalue weighted by atomic mass is 10.1. The Morgan fingerprint density at radius 1 is 0.857 bits per heavy atom. The number of carbonyl (C=O) groups is 2. The van der Waals surface area contributed by atoms with Gasteiger partial charge in [0.2, 0.25) is 5.91 Å². The van der Waals surface area contributed by atoms with Gasteiger partial charge in [-0.15, -0.1) is 0 Å². The zero-order valence-electron chi connectivity index (χ0n) is 15.9. The number of hydrogen-bond acceptors (Lipinski definition) is 4. The number of esters is 1. The van der Waals surface area contributed by atoms with E-state index in [2.05, 4.69) is 10.6 Å². The number of benzene rings is 2. The molecule has 2 N–H and O–H groups in total. The molecule has 0 saturated carbocycles. The van der Waals surface area contributed by atoms with Crippen LogP contribution < -0.4 is 10.6 Å². The monoisotopic (exact) mass is 398 g/mol. The van der Waals surface area contributed by atoms with Gasteiger partial charge in [0, 0.05) is 13.0 Å². The lowest BCUT2D eigenvalue weighted by molar-refractivity contribution is -0.145. The summed E-state index contributed by atoms with van der Waals surface area (Å²) in [4.78, 5) is 23.6. The number of hydrogen-bond donors (Lipinski definition) is 2. The molecule has 0 aromatic heterocycles. The van der Waals surface area contributed by atoms with E-state index in [-0.39, 0.29) is 29.8 Å². The number of ether oxygens (including phenoxy) is 1. The molecule has 2 rings (SSSR count). The molecule has 28 heavy (non-hydrogen) atoms. The smallest absolute Gasteiger partial charge is 0.306 e. The van der Waals surface area contributed by atoms with Gasteiger partial charge in [-0.25, -0.2) is 0 Å². The van der Waals surface area contributed by atoms with Crippen molar-refractivity contribution in [2.45, 2.75) is 32.1 Å². The average molecular weight is 399 g/mol. The Balaban J connectivity index is 1.51. The maximum atomic E-state index is 11.9. The van der Waals surface area contributed by atoms with Crippen LogP contribution in [0.1, 0.15) is 30.4 Å². The second-order valence-electron chi connectivity index (χ2n) is 6.35. The first-order chi connectivity index (χ1) is 13.6. The predicted molar refractivity (Wildman–Crippen MR) is 114 cm³/mol. The summed E-state index contributed by atoms with van der Waals surface area (Å²) in [6.45, 7) is 0.987. The van der Waals surface area contributed by atoms with Crippen molar-refractivity contribution < 1.29 is 14.3 Å². The van der Waals surface area contributed by atoms with Crippen LogP contribution in [0.2, 0.25) is 0 Å². The second-order valence-corrected chi connectivity index (χ2v) is 6.76. The Morgan fingerprint density at radius 2 is 1.46 bits per heavy atom. The molecule has 0 aliphatic rings. The summed E-state index contributed by atoms with van der Waals surface area (Å²) in [6.07, 6.45) is 2.53. The van der Waals surface area contributed by atoms with Crippen molar-refractivity contribution >= 4 is 29.2 Å². The Hall–Kier alpha value is -2.73.